The van der Waals surface area contributed by atoms with E-state index < -0.39 is 5.82 Å². The highest BCUT2D eigenvalue weighted by atomic mass is 19.1. The van der Waals surface area contributed by atoms with Crippen LogP contribution in [0.25, 0.3) is 33.4 Å². The van der Waals surface area contributed by atoms with Gasteiger partial charge < -0.3 is 20.4 Å². The van der Waals surface area contributed by atoms with E-state index in [2.05, 4.69) is 25.3 Å². The highest BCUT2D eigenvalue weighted by Crippen LogP contribution is 2.42. The highest BCUT2D eigenvalue weighted by molar-refractivity contribution is 6.08. The van der Waals surface area contributed by atoms with Crippen molar-refractivity contribution >= 4 is 28.4 Å². The number of ether oxygens (including phenoxy) is 1. The number of hydrogen-bond donors (Lipinski definition) is 2. The van der Waals surface area contributed by atoms with Gasteiger partial charge in [-0.3, -0.25) is 4.79 Å². The summed E-state index contributed by atoms with van der Waals surface area (Å²) in [5.41, 5.74) is 11.2. The lowest BCUT2D eigenvalue weighted by Gasteiger charge is -2.12. The summed E-state index contributed by atoms with van der Waals surface area (Å²) in [4.78, 5) is 29.2. The first-order chi connectivity index (χ1) is 19.1. The molecule has 0 spiro atoms. The molecule has 10 heteroatoms. The van der Waals surface area contributed by atoms with Crippen molar-refractivity contribution in [2.75, 3.05) is 11.1 Å². The number of rotatable bonds is 6. The Morgan fingerprint density at radius 3 is 2.56 bits per heavy atom. The molecule has 39 heavy (non-hydrogen) atoms. The van der Waals surface area contributed by atoms with E-state index in [0.29, 0.717) is 39.1 Å². The van der Waals surface area contributed by atoms with E-state index in [1.165, 1.54) is 18.5 Å². The second kappa shape index (κ2) is 10.3. The number of aromatic nitrogens is 5. The fourth-order valence-corrected chi connectivity index (χ4v) is 4.26. The number of amides is 1. The molecule has 0 saturated carbocycles. The van der Waals surface area contributed by atoms with Gasteiger partial charge in [0.2, 0.25) is 0 Å². The Bertz CT molecular complexity index is 1800. The summed E-state index contributed by atoms with van der Waals surface area (Å²) in [6.45, 7) is 4.95. The zero-order chi connectivity index (χ0) is 28.6. The molecule has 0 aliphatic carbocycles. The molecule has 0 aliphatic heterocycles. The van der Waals surface area contributed by atoms with Crippen LogP contribution in [0.3, 0.4) is 0 Å². The number of nitrogens with zero attached hydrogens (tertiary/aromatic N) is 5. The number of allylic oxidation sites excluding steroid dienone is 1. The Morgan fingerprint density at radius 2 is 1.87 bits per heavy atom. The van der Waals surface area contributed by atoms with Gasteiger partial charge in [0, 0.05) is 35.8 Å². The van der Waals surface area contributed by atoms with Crippen LogP contribution in [0, 0.1) is 12.7 Å². The molecule has 2 aromatic carbocycles. The Hall–Kier alpha value is -5.12. The SMILES string of the molecule is [2H]/C(C)=C(/C)C(=O)Nc1ccc(-c2c(-c3ccc(Oc4nccc(C)n4)c(F)c3)c3c(N)ncnc3n2C)cc1. The van der Waals surface area contributed by atoms with Crippen molar-refractivity contribution in [3.63, 3.8) is 0 Å². The van der Waals surface area contributed by atoms with Crippen molar-refractivity contribution in [1.29, 1.82) is 0 Å². The van der Waals surface area contributed by atoms with Crippen LogP contribution in [0.4, 0.5) is 15.9 Å². The predicted molar refractivity (Wildman–Crippen MR) is 149 cm³/mol. The Labute approximate surface area is 225 Å². The maximum absolute atomic E-state index is 15.4. The van der Waals surface area contributed by atoms with Crippen molar-refractivity contribution in [2.24, 2.45) is 7.05 Å². The molecule has 0 bridgehead atoms. The maximum Gasteiger partial charge on any atom is 0.322 e. The third kappa shape index (κ3) is 4.91. The van der Waals surface area contributed by atoms with Gasteiger partial charge in [0.25, 0.3) is 5.91 Å². The number of nitrogens with one attached hydrogen (secondary N) is 1. The summed E-state index contributed by atoms with van der Waals surface area (Å²) in [5, 5.41) is 3.38. The molecular weight excluding hydrogens is 497 g/mol. The molecule has 0 fully saturated rings. The largest absolute Gasteiger partial charge is 0.421 e. The molecule has 1 amide bonds. The van der Waals surface area contributed by atoms with Gasteiger partial charge in [-0.1, -0.05) is 24.3 Å². The van der Waals surface area contributed by atoms with Gasteiger partial charge in [-0.05, 0) is 62.2 Å². The average Bonchev–Trinajstić information content (AvgIpc) is 3.23. The minimum absolute atomic E-state index is 0.0206. The summed E-state index contributed by atoms with van der Waals surface area (Å²) in [6.07, 6.45) is 2.92. The first kappa shape index (κ1) is 24.2. The number of halogens is 1. The van der Waals surface area contributed by atoms with E-state index in [1.54, 1.807) is 51.2 Å². The molecule has 0 radical (unpaired) electrons. The molecule has 196 valence electrons. The molecule has 0 unspecified atom stereocenters. The van der Waals surface area contributed by atoms with Crippen LogP contribution in [0.15, 0.2) is 72.7 Å². The van der Waals surface area contributed by atoms with Crippen molar-refractivity contribution in [1.82, 2.24) is 24.5 Å². The lowest BCUT2D eigenvalue weighted by molar-refractivity contribution is -0.112. The average molecular weight is 525 g/mol. The van der Waals surface area contributed by atoms with Gasteiger partial charge >= 0.3 is 6.01 Å². The zero-order valence-corrected chi connectivity index (χ0v) is 21.8. The second-order valence-electron chi connectivity index (χ2n) is 8.87. The number of hydrogen-bond acceptors (Lipinski definition) is 7. The van der Waals surface area contributed by atoms with Crippen molar-refractivity contribution in [2.45, 2.75) is 20.8 Å². The predicted octanol–water partition coefficient (Wildman–Crippen LogP) is 5.82. The number of nitrogen functional groups attached to an aromatic ring is 1. The summed E-state index contributed by atoms with van der Waals surface area (Å²) in [6, 6.07) is 13.8. The Morgan fingerprint density at radius 1 is 1.13 bits per heavy atom. The molecule has 5 aromatic rings. The lowest BCUT2D eigenvalue weighted by Crippen LogP contribution is -2.12. The minimum Gasteiger partial charge on any atom is -0.421 e. The Balaban J connectivity index is 1.58. The van der Waals surface area contributed by atoms with Crippen LogP contribution in [-0.2, 0) is 11.8 Å². The number of carbonyl (C=O) groups excluding carboxylic acids is 1. The lowest BCUT2D eigenvalue weighted by atomic mass is 9.98. The molecule has 3 aromatic heterocycles. The van der Waals surface area contributed by atoms with E-state index in [4.69, 9.17) is 11.8 Å². The van der Waals surface area contributed by atoms with E-state index in [1.807, 2.05) is 23.7 Å². The normalized spacial score (nSPS) is 12.2. The summed E-state index contributed by atoms with van der Waals surface area (Å²) in [7, 11) is 1.84. The van der Waals surface area contributed by atoms with Crippen LogP contribution in [0.1, 0.15) is 20.9 Å². The van der Waals surface area contributed by atoms with Crippen LogP contribution >= 0.6 is 0 Å². The monoisotopic (exact) mass is 524 g/mol. The van der Waals surface area contributed by atoms with Crippen LogP contribution in [-0.4, -0.2) is 30.4 Å². The molecule has 9 nitrogen and oxygen atoms in total. The molecule has 0 atom stereocenters. The number of carbonyl (C=O) groups is 1. The van der Waals surface area contributed by atoms with Crippen molar-refractivity contribution in [3.8, 4) is 34.1 Å². The molecule has 0 saturated heterocycles. The molecule has 0 aliphatic rings. The molecule has 3 N–H and O–H groups in total. The number of anilines is 2. The fraction of sp³-hybridized carbons (Fsp3) is 0.138. The van der Waals surface area contributed by atoms with Gasteiger partial charge in [-0.2, -0.15) is 0 Å². The second-order valence-corrected chi connectivity index (χ2v) is 8.87. The molecular formula is C29H26FN7O2. The van der Waals surface area contributed by atoms with E-state index >= 15 is 4.39 Å². The van der Waals surface area contributed by atoms with Crippen molar-refractivity contribution < 1.29 is 15.3 Å². The topological polar surface area (TPSA) is 121 Å². The van der Waals surface area contributed by atoms with Crippen LogP contribution in [0.2, 0.25) is 0 Å². The van der Waals surface area contributed by atoms with Crippen molar-refractivity contribution in [3.05, 3.63) is 84.2 Å². The highest BCUT2D eigenvalue weighted by Gasteiger charge is 2.23. The number of aryl methyl sites for hydroxylation is 2. The Kier molecular flexibility index (Phi) is 6.42. The standard InChI is InChI=1S/C29H26FN7O2/c1-5-16(2)28(38)36-20-9-6-18(7-10-20)25-23(24-26(31)33-15-34-27(24)37(25)4)19-8-11-22(21(30)14-19)39-29-32-13-12-17(3)35-29/h5-15H,1-4H3,(H,36,38)(H2,31,33,34)/b16-5+/i5D. The third-order valence-corrected chi connectivity index (χ3v) is 6.32. The zero-order valence-electron chi connectivity index (χ0n) is 22.8. The van der Waals surface area contributed by atoms with E-state index in [-0.39, 0.29) is 29.5 Å². The first-order valence-electron chi connectivity index (χ1n) is 12.6. The molecule has 3 heterocycles. The molecule has 5 rings (SSSR count). The third-order valence-electron chi connectivity index (χ3n) is 6.32. The summed E-state index contributed by atoms with van der Waals surface area (Å²) < 4.78 is 30.5. The van der Waals surface area contributed by atoms with E-state index in [0.717, 1.165) is 11.3 Å². The maximum atomic E-state index is 15.4. The van der Waals surface area contributed by atoms with Crippen LogP contribution in [0.5, 0.6) is 11.8 Å². The quantitative estimate of drug-likeness (QED) is 0.269. The van der Waals surface area contributed by atoms with Gasteiger partial charge in [0.1, 0.15) is 17.8 Å². The van der Waals surface area contributed by atoms with Gasteiger partial charge in [0.05, 0.1) is 12.5 Å². The number of nitrogens with two attached hydrogens (primary N) is 1. The van der Waals surface area contributed by atoms with Gasteiger partial charge in [-0.15, -0.1) is 0 Å². The number of fused-ring (bicyclic) bond motifs is 1. The first-order valence-corrected chi connectivity index (χ1v) is 12.1. The number of benzene rings is 2. The summed E-state index contributed by atoms with van der Waals surface area (Å²) in [5.74, 6) is -0.713. The van der Waals surface area contributed by atoms with Gasteiger partial charge in [0.15, 0.2) is 11.6 Å². The van der Waals surface area contributed by atoms with Gasteiger partial charge in [-0.25, -0.2) is 24.3 Å². The van der Waals surface area contributed by atoms with Crippen LogP contribution < -0.4 is 15.8 Å². The smallest absolute Gasteiger partial charge is 0.322 e. The minimum atomic E-state index is -0.604. The van der Waals surface area contributed by atoms with E-state index in [9.17, 15) is 4.79 Å². The fourth-order valence-electron chi connectivity index (χ4n) is 4.26. The summed E-state index contributed by atoms with van der Waals surface area (Å²) >= 11 is 0.